The van der Waals surface area contributed by atoms with Gasteiger partial charge in [0, 0.05) is 23.9 Å². The van der Waals surface area contributed by atoms with Crippen LogP contribution >= 0.6 is 0 Å². The number of nitrogens with zero attached hydrogens (tertiary/aromatic N) is 3. The molecule has 1 aliphatic carbocycles. The maximum atomic E-state index is 5.97. The minimum Gasteiger partial charge on any atom is -0.384 e. The Kier molecular flexibility index (Phi) is 3.38. The van der Waals surface area contributed by atoms with Crippen LogP contribution in [0.25, 0.3) is 11.5 Å². The molecule has 0 saturated heterocycles. The van der Waals surface area contributed by atoms with Gasteiger partial charge in [-0.2, -0.15) is 0 Å². The molecule has 2 N–H and O–H groups in total. The maximum absolute atomic E-state index is 5.97. The number of nitrogen functional groups attached to an aromatic ring is 1. The number of hydrogen-bond donors (Lipinski definition) is 1. The van der Waals surface area contributed by atoms with Crippen molar-refractivity contribution in [3.8, 4) is 11.5 Å². The standard InChI is InChI=1S/C16H20N4/c1-10-7-11(2)15(18-9-10)16-19-13(8-14(17)20-16)12-5-3-4-6-12/h7-9,12H,3-6H2,1-2H3,(H2,17,19,20). The molecule has 0 aliphatic heterocycles. The third-order valence-corrected chi connectivity index (χ3v) is 3.97. The zero-order valence-electron chi connectivity index (χ0n) is 12.1. The van der Waals surface area contributed by atoms with Crippen molar-refractivity contribution in [2.24, 2.45) is 0 Å². The van der Waals surface area contributed by atoms with E-state index in [4.69, 9.17) is 10.7 Å². The fraction of sp³-hybridized carbons (Fsp3) is 0.438. The number of nitrogens with two attached hydrogens (primary N) is 1. The second kappa shape index (κ2) is 5.19. The second-order valence-electron chi connectivity index (χ2n) is 5.70. The van der Waals surface area contributed by atoms with E-state index in [0.717, 1.165) is 22.5 Å². The molecule has 2 aromatic heterocycles. The van der Waals surface area contributed by atoms with Gasteiger partial charge < -0.3 is 5.73 Å². The number of aromatic nitrogens is 3. The molecule has 4 heteroatoms. The summed E-state index contributed by atoms with van der Waals surface area (Å²) in [5.74, 6) is 1.73. The first-order chi connectivity index (χ1) is 9.63. The topological polar surface area (TPSA) is 64.7 Å². The van der Waals surface area contributed by atoms with Gasteiger partial charge in [-0.1, -0.05) is 18.9 Å². The average Bonchev–Trinajstić information content (AvgIpc) is 2.91. The van der Waals surface area contributed by atoms with E-state index in [1.807, 2.05) is 26.1 Å². The van der Waals surface area contributed by atoms with Crippen LogP contribution in [0.4, 0.5) is 5.82 Å². The molecule has 1 aliphatic rings. The molecule has 4 nitrogen and oxygen atoms in total. The Hall–Kier alpha value is -1.97. The summed E-state index contributed by atoms with van der Waals surface area (Å²) < 4.78 is 0. The van der Waals surface area contributed by atoms with Crippen molar-refractivity contribution in [3.05, 3.63) is 35.2 Å². The molecule has 3 rings (SSSR count). The number of pyridine rings is 1. The quantitative estimate of drug-likeness (QED) is 0.906. The van der Waals surface area contributed by atoms with Crippen molar-refractivity contribution in [2.75, 3.05) is 5.73 Å². The van der Waals surface area contributed by atoms with Crippen LogP contribution in [0.5, 0.6) is 0 Å². The summed E-state index contributed by atoms with van der Waals surface area (Å²) in [6.45, 7) is 4.07. The van der Waals surface area contributed by atoms with Crippen molar-refractivity contribution in [3.63, 3.8) is 0 Å². The first-order valence-corrected chi connectivity index (χ1v) is 7.21. The van der Waals surface area contributed by atoms with Gasteiger partial charge >= 0.3 is 0 Å². The Morgan fingerprint density at radius 2 is 1.85 bits per heavy atom. The van der Waals surface area contributed by atoms with Crippen LogP contribution in [0, 0.1) is 13.8 Å². The van der Waals surface area contributed by atoms with Crippen LogP contribution < -0.4 is 5.73 Å². The lowest BCUT2D eigenvalue weighted by molar-refractivity contribution is 0.695. The molecule has 2 heterocycles. The molecule has 20 heavy (non-hydrogen) atoms. The smallest absolute Gasteiger partial charge is 0.180 e. The summed E-state index contributed by atoms with van der Waals surface area (Å²) in [5, 5.41) is 0. The van der Waals surface area contributed by atoms with Gasteiger partial charge in [-0.05, 0) is 37.8 Å². The van der Waals surface area contributed by atoms with E-state index in [0.29, 0.717) is 17.6 Å². The van der Waals surface area contributed by atoms with E-state index in [-0.39, 0.29) is 0 Å². The van der Waals surface area contributed by atoms with Crippen LogP contribution in [-0.4, -0.2) is 15.0 Å². The monoisotopic (exact) mass is 268 g/mol. The van der Waals surface area contributed by atoms with E-state index in [9.17, 15) is 0 Å². The van der Waals surface area contributed by atoms with E-state index < -0.39 is 0 Å². The first kappa shape index (κ1) is 13.0. The fourth-order valence-corrected chi connectivity index (χ4v) is 2.97. The summed E-state index contributed by atoms with van der Waals surface area (Å²) in [5.41, 5.74) is 10.1. The van der Waals surface area contributed by atoms with E-state index in [1.165, 1.54) is 25.7 Å². The fourth-order valence-electron chi connectivity index (χ4n) is 2.97. The largest absolute Gasteiger partial charge is 0.384 e. The normalized spacial score (nSPS) is 15.7. The molecule has 1 saturated carbocycles. The molecule has 0 atom stereocenters. The molecule has 0 unspecified atom stereocenters. The van der Waals surface area contributed by atoms with E-state index >= 15 is 0 Å². The highest BCUT2D eigenvalue weighted by molar-refractivity contribution is 5.57. The van der Waals surface area contributed by atoms with E-state index in [1.54, 1.807) is 0 Å². The lowest BCUT2D eigenvalue weighted by Crippen LogP contribution is -2.05. The molecule has 2 aromatic rings. The Morgan fingerprint density at radius 1 is 1.10 bits per heavy atom. The highest BCUT2D eigenvalue weighted by atomic mass is 15.0. The first-order valence-electron chi connectivity index (χ1n) is 7.21. The molecule has 0 aromatic carbocycles. The summed E-state index contributed by atoms with van der Waals surface area (Å²) in [4.78, 5) is 13.6. The molecule has 0 spiro atoms. The Labute approximate surface area is 119 Å². The minimum atomic E-state index is 0.532. The summed E-state index contributed by atoms with van der Waals surface area (Å²) >= 11 is 0. The van der Waals surface area contributed by atoms with Crippen LogP contribution in [0.2, 0.25) is 0 Å². The predicted octanol–water partition coefficient (Wildman–Crippen LogP) is 3.40. The number of anilines is 1. The van der Waals surface area contributed by atoms with Crippen LogP contribution in [0.1, 0.15) is 48.4 Å². The molecule has 0 amide bonds. The lowest BCUT2D eigenvalue weighted by Gasteiger charge is -2.12. The predicted molar refractivity (Wildman–Crippen MR) is 80.4 cm³/mol. The zero-order valence-corrected chi connectivity index (χ0v) is 12.1. The second-order valence-corrected chi connectivity index (χ2v) is 5.70. The van der Waals surface area contributed by atoms with Crippen molar-refractivity contribution >= 4 is 5.82 Å². The van der Waals surface area contributed by atoms with Crippen molar-refractivity contribution < 1.29 is 0 Å². The highest BCUT2D eigenvalue weighted by Crippen LogP contribution is 2.34. The molecule has 1 fully saturated rings. The third kappa shape index (κ3) is 2.50. The van der Waals surface area contributed by atoms with Gasteiger partial charge in [0.1, 0.15) is 11.5 Å². The zero-order chi connectivity index (χ0) is 14.1. The van der Waals surface area contributed by atoms with Crippen molar-refractivity contribution in [1.82, 2.24) is 15.0 Å². The van der Waals surface area contributed by atoms with Gasteiger partial charge in [0.25, 0.3) is 0 Å². The lowest BCUT2D eigenvalue weighted by atomic mass is 10.0. The molecular formula is C16H20N4. The number of hydrogen-bond acceptors (Lipinski definition) is 4. The van der Waals surface area contributed by atoms with Gasteiger partial charge in [-0.3, -0.25) is 4.98 Å². The molecule has 0 radical (unpaired) electrons. The molecule has 104 valence electrons. The van der Waals surface area contributed by atoms with Gasteiger partial charge in [-0.25, -0.2) is 9.97 Å². The van der Waals surface area contributed by atoms with Crippen molar-refractivity contribution in [1.29, 1.82) is 0 Å². The molecule has 0 bridgehead atoms. The number of rotatable bonds is 2. The van der Waals surface area contributed by atoms with Gasteiger partial charge in [-0.15, -0.1) is 0 Å². The summed E-state index contributed by atoms with van der Waals surface area (Å²) in [6.07, 6.45) is 6.83. The van der Waals surface area contributed by atoms with Crippen molar-refractivity contribution in [2.45, 2.75) is 45.4 Å². The Morgan fingerprint density at radius 3 is 2.55 bits per heavy atom. The van der Waals surface area contributed by atoms with Crippen LogP contribution in [-0.2, 0) is 0 Å². The van der Waals surface area contributed by atoms with Gasteiger partial charge in [0.2, 0.25) is 0 Å². The average molecular weight is 268 g/mol. The SMILES string of the molecule is Cc1cnc(-c2nc(N)cc(C3CCCC3)n2)c(C)c1. The Bertz CT molecular complexity index is 630. The summed E-state index contributed by atoms with van der Waals surface area (Å²) in [7, 11) is 0. The van der Waals surface area contributed by atoms with Crippen LogP contribution in [0.3, 0.4) is 0 Å². The summed E-state index contributed by atoms with van der Waals surface area (Å²) in [6, 6.07) is 4.02. The van der Waals surface area contributed by atoms with Crippen LogP contribution in [0.15, 0.2) is 18.3 Å². The van der Waals surface area contributed by atoms with Gasteiger partial charge in [0.05, 0.1) is 0 Å². The maximum Gasteiger partial charge on any atom is 0.180 e. The molecular weight excluding hydrogens is 248 g/mol. The minimum absolute atomic E-state index is 0.532. The van der Waals surface area contributed by atoms with Gasteiger partial charge in [0.15, 0.2) is 5.82 Å². The van der Waals surface area contributed by atoms with E-state index in [2.05, 4.69) is 16.0 Å². The Balaban J connectivity index is 2.04. The highest BCUT2D eigenvalue weighted by Gasteiger charge is 2.20. The third-order valence-electron chi connectivity index (χ3n) is 3.97. The number of aryl methyl sites for hydroxylation is 2.